The monoisotopic (exact) mass is 418 g/mol. The van der Waals surface area contributed by atoms with Crippen LogP contribution in [0.2, 0.25) is 5.02 Å². The Kier molecular flexibility index (Phi) is 7.61. The highest BCUT2D eigenvalue weighted by atomic mass is 35.5. The van der Waals surface area contributed by atoms with E-state index in [1.54, 1.807) is 14.2 Å². The van der Waals surface area contributed by atoms with Crippen LogP contribution < -0.4 is 24.6 Å². The lowest BCUT2D eigenvalue weighted by Crippen LogP contribution is -3.16. The molecule has 7 heteroatoms. The first-order valence-electron chi connectivity index (χ1n) is 9.91. The molecule has 1 saturated heterocycles. The number of para-hydroxylation sites is 1. The summed E-state index contributed by atoms with van der Waals surface area (Å²) in [5, 5.41) is 3.81. The van der Waals surface area contributed by atoms with E-state index >= 15 is 0 Å². The van der Waals surface area contributed by atoms with Crippen LogP contribution in [0, 0.1) is 0 Å². The Morgan fingerprint density at radius 3 is 2.52 bits per heavy atom. The minimum absolute atomic E-state index is 0.0895. The number of carbonyl (C=O) groups is 1. The number of piperazine rings is 1. The van der Waals surface area contributed by atoms with Gasteiger partial charge in [-0.3, -0.25) is 4.79 Å². The number of nitrogens with zero attached hydrogens (tertiary/aromatic N) is 1. The third-order valence-corrected chi connectivity index (χ3v) is 5.58. The van der Waals surface area contributed by atoms with Crippen molar-refractivity contribution in [2.45, 2.75) is 6.42 Å². The van der Waals surface area contributed by atoms with Gasteiger partial charge in [0.15, 0.2) is 18.0 Å². The second-order valence-corrected chi connectivity index (χ2v) is 7.56. The van der Waals surface area contributed by atoms with E-state index in [4.69, 9.17) is 21.1 Å². The molecule has 3 rings (SSSR count). The maximum absolute atomic E-state index is 12.3. The van der Waals surface area contributed by atoms with Gasteiger partial charge in [0, 0.05) is 6.54 Å². The zero-order chi connectivity index (χ0) is 20.6. The van der Waals surface area contributed by atoms with Gasteiger partial charge in [-0.15, -0.1) is 0 Å². The number of quaternary nitrogens is 1. The predicted octanol–water partition coefficient (Wildman–Crippen LogP) is 1.42. The number of anilines is 1. The van der Waals surface area contributed by atoms with Gasteiger partial charge < -0.3 is 24.6 Å². The van der Waals surface area contributed by atoms with Gasteiger partial charge in [-0.05, 0) is 36.2 Å². The number of benzene rings is 2. The summed E-state index contributed by atoms with van der Waals surface area (Å²) >= 11 is 6.29. The highest BCUT2D eigenvalue weighted by molar-refractivity contribution is 6.33. The standard InChI is InChI=1S/C22H28ClN3O3/c1-28-20-8-7-17(15-21(20)29-2)9-10-24-22(27)16-25-11-13-26(14-12-25)19-6-4-3-5-18(19)23/h3-8,15H,9-14,16H2,1-2H3,(H,24,27)/p+1. The second-order valence-electron chi connectivity index (χ2n) is 7.15. The van der Waals surface area contributed by atoms with Crippen molar-refractivity contribution in [3.8, 4) is 11.5 Å². The van der Waals surface area contributed by atoms with Crippen LogP contribution in [-0.4, -0.2) is 59.4 Å². The fraction of sp³-hybridized carbons (Fsp3) is 0.409. The summed E-state index contributed by atoms with van der Waals surface area (Å²) in [6.45, 7) is 4.76. The van der Waals surface area contributed by atoms with Gasteiger partial charge in [0.05, 0.1) is 51.1 Å². The van der Waals surface area contributed by atoms with Gasteiger partial charge in [0.25, 0.3) is 5.91 Å². The molecule has 0 aromatic heterocycles. The summed E-state index contributed by atoms with van der Waals surface area (Å²) in [5.74, 6) is 1.50. The van der Waals surface area contributed by atoms with Crippen LogP contribution in [0.4, 0.5) is 5.69 Å². The molecule has 0 spiro atoms. The summed E-state index contributed by atoms with van der Waals surface area (Å²) < 4.78 is 10.6. The van der Waals surface area contributed by atoms with Crippen molar-refractivity contribution in [1.29, 1.82) is 0 Å². The predicted molar refractivity (Wildman–Crippen MR) is 115 cm³/mol. The van der Waals surface area contributed by atoms with Crippen LogP contribution in [0.15, 0.2) is 42.5 Å². The maximum Gasteiger partial charge on any atom is 0.275 e. The van der Waals surface area contributed by atoms with Crippen molar-refractivity contribution >= 4 is 23.2 Å². The quantitative estimate of drug-likeness (QED) is 0.680. The van der Waals surface area contributed by atoms with E-state index in [0.29, 0.717) is 24.6 Å². The molecular formula is C22H29ClN3O3+. The van der Waals surface area contributed by atoms with Crippen LogP contribution in [0.1, 0.15) is 5.56 Å². The van der Waals surface area contributed by atoms with Crippen LogP contribution in [0.3, 0.4) is 0 Å². The minimum atomic E-state index is 0.0895. The lowest BCUT2D eigenvalue weighted by Gasteiger charge is -2.33. The lowest BCUT2D eigenvalue weighted by molar-refractivity contribution is -0.892. The summed E-state index contributed by atoms with van der Waals surface area (Å²) in [4.78, 5) is 15.9. The zero-order valence-corrected chi connectivity index (χ0v) is 17.8. The van der Waals surface area contributed by atoms with Crippen molar-refractivity contribution in [2.24, 2.45) is 0 Å². The summed E-state index contributed by atoms with van der Waals surface area (Å²) in [5.41, 5.74) is 2.18. The Labute approximate surface area is 177 Å². The molecule has 0 bridgehead atoms. The highest BCUT2D eigenvalue weighted by Gasteiger charge is 2.23. The van der Waals surface area contributed by atoms with E-state index in [-0.39, 0.29) is 5.91 Å². The zero-order valence-electron chi connectivity index (χ0n) is 17.0. The molecule has 156 valence electrons. The molecule has 1 heterocycles. The maximum atomic E-state index is 12.3. The smallest absolute Gasteiger partial charge is 0.275 e. The van der Waals surface area contributed by atoms with E-state index in [1.807, 2.05) is 42.5 Å². The van der Waals surface area contributed by atoms with Gasteiger partial charge in [-0.1, -0.05) is 29.8 Å². The number of ether oxygens (including phenoxy) is 2. The van der Waals surface area contributed by atoms with E-state index in [1.165, 1.54) is 4.90 Å². The molecule has 2 N–H and O–H groups in total. The molecule has 1 aliphatic rings. The molecular weight excluding hydrogens is 390 g/mol. The first-order chi connectivity index (χ1) is 14.1. The van der Waals surface area contributed by atoms with E-state index in [9.17, 15) is 4.79 Å². The second kappa shape index (κ2) is 10.4. The normalized spacial score (nSPS) is 14.5. The van der Waals surface area contributed by atoms with E-state index < -0.39 is 0 Å². The fourth-order valence-electron chi connectivity index (χ4n) is 3.62. The molecule has 1 aliphatic heterocycles. The third kappa shape index (κ3) is 5.78. The first-order valence-corrected chi connectivity index (χ1v) is 10.3. The average molecular weight is 419 g/mol. The number of amides is 1. The summed E-state index contributed by atoms with van der Waals surface area (Å²) in [7, 11) is 3.24. The van der Waals surface area contributed by atoms with Gasteiger partial charge in [-0.25, -0.2) is 0 Å². The number of rotatable bonds is 8. The van der Waals surface area contributed by atoms with Gasteiger partial charge in [-0.2, -0.15) is 0 Å². The molecule has 0 atom stereocenters. The Balaban J connectivity index is 1.40. The first kappa shape index (κ1) is 21.3. The summed E-state index contributed by atoms with van der Waals surface area (Å²) in [6.07, 6.45) is 0.752. The molecule has 1 amide bonds. The van der Waals surface area contributed by atoms with Crippen molar-refractivity contribution in [3.63, 3.8) is 0 Å². The van der Waals surface area contributed by atoms with Crippen LogP contribution in [0.25, 0.3) is 0 Å². The van der Waals surface area contributed by atoms with Gasteiger partial charge in [0.2, 0.25) is 0 Å². The Morgan fingerprint density at radius 2 is 1.83 bits per heavy atom. The molecule has 0 unspecified atom stereocenters. The van der Waals surface area contributed by atoms with Crippen LogP contribution >= 0.6 is 11.6 Å². The molecule has 0 aliphatic carbocycles. The number of nitrogens with one attached hydrogen (secondary N) is 2. The minimum Gasteiger partial charge on any atom is -0.493 e. The number of hydrogen-bond donors (Lipinski definition) is 2. The van der Waals surface area contributed by atoms with Crippen molar-refractivity contribution in [3.05, 3.63) is 53.1 Å². The van der Waals surface area contributed by atoms with Crippen LogP contribution in [-0.2, 0) is 11.2 Å². The average Bonchev–Trinajstić information content (AvgIpc) is 2.74. The molecule has 1 fully saturated rings. The molecule has 0 radical (unpaired) electrons. The number of hydrogen-bond acceptors (Lipinski definition) is 4. The van der Waals surface area contributed by atoms with Crippen LogP contribution in [0.5, 0.6) is 11.5 Å². The molecule has 2 aromatic rings. The topological polar surface area (TPSA) is 55.2 Å². The third-order valence-electron chi connectivity index (χ3n) is 5.26. The lowest BCUT2D eigenvalue weighted by atomic mass is 10.1. The number of carbonyl (C=O) groups excluding carboxylic acids is 1. The SMILES string of the molecule is COc1ccc(CCNC(=O)C[NH+]2CCN(c3ccccc3Cl)CC2)cc1OC. The Bertz CT molecular complexity index is 823. The van der Waals surface area contributed by atoms with Gasteiger partial charge in [0.1, 0.15) is 0 Å². The molecule has 0 saturated carbocycles. The van der Waals surface area contributed by atoms with Gasteiger partial charge >= 0.3 is 0 Å². The van der Waals surface area contributed by atoms with Crippen molar-refractivity contribution < 1.29 is 19.2 Å². The largest absolute Gasteiger partial charge is 0.493 e. The molecule has 6 nitrogen and oxygen atoms in total. The Morgan fingerprint density at radius 1 is 1.10 bits per heavy atom. The van der Waals surface area contributed by atoms with E-state index in [2.05, 4.69) is 10.2 Å². The Hall–Kier alpha value is -2.44. The summed E-state index contributed by atoms with van der Waals surface area (Å²) in [6, 6.07) is 13.7. The molecule has 29 heavy (non-hydrogen) atoms. The number of methoxy groups -OCH3 is 2. The number of halogens is 1. The van der Waals surface area contributed by atoms with Crippen molar-refractivity contribution in [1.82, 2.24) is 5.32 Å². The fourth-order valence-corrected chi connectivity index (χ4v) is 3.88. The van der Waals surface area contributed by atoms with Crippen molar-refractivity contribution in [2.75, 3.05) is 58.4 Å². The molecule has 2 aromatic carbocycles. The highest BCUT2D eigenvalue weighted by Crippen LogP contribution is 2.27. The van der Waals surface area contributed by atoms with E-state index in [0.717, 1.165) is 48.9 Å².